The second kappa shape index (κ2) is 5.91. The van der Waals surface area contributed by atoms with Gasteiger partial charge in [-0.05, 0) is 13.0 Å². The van der Waals surface area contributed by atoms with E-state index in [2.05, 4.69) is 32.1 Å². The number of aromatic nitrogens is 5. The van der Waals surface area contributed by atoms with E-state index in [-0.39, 0.29) is 12.0 Å². The van der Waals surface area contributed by atoms with E-state index < -0.39 is 0 Å². The molecule has 2 aromatic rings. The third-order valence-corrected chi connectivity index (χ3v) is 2.20. The number of hydrazine groups is 1. The average molecular weight is 261 g/mol. The van der Waals surface area contributed by atoms with Crippen LogP contribution in [-0.2, 0) is 0 Å². The van der Waals surface area contributed by atoms with E-state index in [0.717, 1.165) is 12.0 Å². The Labute approximate surface area is 110 Å². The van der Waals surface area contributed by atoms with Crippen LogP contribution in [0.5, 0.6) is 6.01 Å². The van der Waals surface area contributed by atoms with Crippen LogP contribution in [0, 0.1) is 0 Å². The topological polar surface area (TPSA) is 104 Å². The van der Waals surface area contributed by atoms with Crippen LogP contribution in [0.3, 0.4) is 0 Å². The molecule has 0 fully saturated rings. The van der Waals surface area contributed by atoms with E-state index >= 15 is 0 Å². The average Bonchev–Trinajstić information content (AvgIpc) is 2.92. The lowest BCUT2D eigenvalue weighted by Crippen LogP contribution is -2.15. The molecule has 2 rings (SSSR count). The first-order chi connectivity index (χ1) is 9.19. The maximum Gasteiger partial charge on any atom is 0.323 e. The van der Waals surface area contributed by atoms with Crippen LogP contribution >= 0.6 is 0 Å². The van der Waals surface area contributed by atoms with Crippen molar-refractivity contribution in [1.82, 2.24) is 24.7 Å². The number of hydrogen-bond acceptors (Lipinski definition) is 7. The van der Waals surface area contributed by atoms with Crippen molar-refractivity contribution in [2.24, 2.45) is 5.84 Å². The van der Waals surface area contributed by atoms with E-state index in [1.54, 1.807) is 18.5 Å². The highest BCUT2D eigenvalue weighted by Gasteiger charge is 2.08. The number of nitrogens with zero attached hydrogens (tertiary/aromatic N) is 5. The summed E-state index contributed by atoms with van der Waals surface area (Å²) in [5.41, 5.74) is 3.39. The van der Waals surface area contributed by atoms with Gasteiger partial charge in [0.2, 0.25) is 5.95 Å². The molecule has 0 aromatic carbocycles. The number of hydrogen-bond donors (Lipinski definition) is 2. The maximum absolute atomic E-state index is 5.44. The maximum atomic E-state index is 5.44. The molecule has 2 aromatic heterocycles. The minimum absolute atomic E-state index is 0.190. The lowest BCUT2D eigenvalue weighted by atomic mass is 10.3. The van der Waals surface area contributed by atoms with Crippen molar-refractivity contribution in [3.05, 3.63) is 30.6 Å². The Morgan fingerprint density at radius 2 is 2.32 bits per heavy atom. The summed E-state index contributed by atoms with van der Waals surface area (Å²) in [6.45, 7) is 6.17. The van der Waals surface area contributed by atoms with Gasteiger partial charge in [-0.3, -0.25) is 5.43 Å². The Kier molecular flexibility index (Phi) is 4.04. The molecule has 2 heterocycles. The Hall–Kier alpha value is -2.48. The molecule has 3 N–H and O–H groups in total. The van der Waals surface area contributed by atoms with Crippen LogP contribution < -0.4 is 16.0 Å². The minimum Gasteiger partial charge on any atom is -0.463 e. The smallest absolute Gasteiger partial charge is 0.323 e. The Morgan fingerprint density at radius 1 is 1.47 bits per heavy atom. The first-order valence-electron chi connectivity index (χ1n) is 5.69. The van der Waals surface area contributed by atoms with E-state index in [1.165, 1.54) is 4.68 Å². The summed E-state index contributed by atoms with van der Waals surface area (Å²) in [6.07, 6.45) is 4.07. The molecule has 0 amide bonds. The van der Waals surface area contributed by atoms with Crippen molar-refractivity contribution >= 4 is 5.95 Å². The summed E-state index contributed by atoms with van der Waals surface area (Å²) in [5.74, 6) is 5.86. The van der Waals surface area contributed by atoms with Gasteiger partial charge in [0.25, 0.3) is 5.95 Å². The molecule has 0 saturated heterocycles. The molecule has 0 aliphatic heterocycles. The molecule has 0 atom stereocenters. The largest absolute Gasteiger partial charge is 0.463 e. The number of nitrogens with two attached hydrogens (primary N) is 1. The second-order valence-corrected chi connectivity index (χ2v) is 3.89. The number of nitrogens with one attached hydrogen (secondary N) is 1. The van der Waals surface area contributed by atoms with Crippen molar-refractivity contribution in [1.29, 1.82) is 0 Å². The fourth-order valence-corrected chi connectivity index (χ4v) is 1.28. The van der Waals surface area contributed by atoms with Crippen molar-refractivity contribution in [2.45, 2.75) is 13.3 Å². The molecule has 100 valence electrons. The molecule has 8 heteroatoms. The lowest BCUT2D eigenvalue weighted by Gasteiger charge is -2.07. The first kappa shape index (κ1) is 13.0. The molecule has 0 aliphatic rings. The van der Waals surface area contributed by atoms with Crippen molar-refractivity contribution in [2.75, 3.05) is 12.0 Å². The molecule has 0 saturated carbocycles. The summed E-state index contributed by atoms with van der Waals surface area (Å²) < 4.78 is 6.93. The van der Waals surface area contributed by atoms with Gasteiger partial charge in [-0.15, -0.1) is 6.58 Å². The van der Waals surface area contributed by atoms with Gasteiger partial charge in [-0.25, -0.2) is 10.5 Å². The summed E-state index contributed by atoms with van der Waals surface area (Å²) in [5, 5.41) is 4.04. The van der Waals surface area contributed by atoms with Gasteiger partial charge in [0.1, 0.15) is 0 Å². The molecule has 0 bridgehead atoms. The zero-order valence-electron chi connectivity index (χ0n) is 10.6. The third-order valence-electron chi connectivity index (χ3n) is 2.20. The van der Waals surface area contributed by atoms with Crippen molar-refractivity contribution in [3.63, 3.8) is 0 Å². The summed E-state index contributed by atoms with van der Waals surface area (Å²) >= 11 is 0. The molecule has 0 radical (unpaired) electrons. The molecular weight excluding hydrogens is 246 g/mol. The predicted molar refractivity (Wildman–Crippen MR) is 69.7 cm³/mol. The van der Waals surface area contributed by atoms with Crippen LogP contribution in [0.25, 0.3) is 5.95 Å². The Bertz CT molecular complexity index is 552. The highest BCUT2D eigenvalue weighted by molar-refractivity contribution is 5.28. The molecular formula is C11H15N7O. The van der Waals surface area contributed by atoms with Crippen LogP contribution in [0.1, 0.15) is 13.3 Å². The zero-order valence-corrected chi connectivity index (χ0v) is 10.6. The molecule has 0 spiro atoms. The van der Waals surface area contributed by atoms with Gasteiger partial charge in [-0.2, -0.15) is 20.1 Å². The monoisotopic (exact) mass is 261 g/mol. The lowest BCUT2D eigenvalue weighted by molar-refractivity contribution is 0.295. The van der Waals surface area contributed by atoms with E-state index in [0.29, 0.717) is 12.6 Å². The van der Waals surface area contributed by atoms with Crippen LogP contribution in [0.15, 0.2) is 30.6 Å². The van der Waals surface area contributed by atoms with Gasteiger partial charge in [0.15, 0.2) is 0 Å². The quantitative estimate of drug-likeness (QED) is 0.448. The van der Waals surface area contributed by atoms with Gasteiger partial charge >= 0.3 is 6.01 Å². The number of ether oxygens (including phenoxy) is 1. The van der Waals surface area contributed by atoms with Gasteiger partial charge in [-0.1, -0.05) is 5.57 Å². The van der Waals surface area contributed by atoms with Gasteiger partial charge < -0.3 is 4.74 Å². The summed E-state index contributed by atoms with van der Waals surface area (Å²) in [7, 11) is 0. The molecule has 8 nitrogen and oxygen atoms in total. The van der Waals surface area contributed by atoms with E-state index in [9.17, 15) is 0 Å². The van der Waals surface area contributed by atoms with Gasteiger partial charge in [0.05, 0.1) is 6.61 Å². The van der Waals surface area contributed by atoms with E-state index in [1.807, 2.05) is 6.92 Å². The van der Waals surface area contributed by atoms with E-state index in [4.69, 9.17) is 10.6 Å². The van der Waals surface area contributed by atoms with Crippen LogP contribution in [0.4, 0.5) is 5.95 Å². The molecule has 0 unspecified atom stereocenters. The fraction of sp³-hybridized carbons (Fsp3) is 0.273. The summed E-state index contributed by atoms with van der Waals surface area (Å²) in [4.78, 5) is 12.2. The number of anilines is 1. The molecule has 19 heavy (non-hydrogen) atoms. The molecule has 0 aliphatic carbocycles. The fourth-order valence-electron chi connectivity index (χ4n) is 1.28. The highest BCUT2D eigenvalue weighted by Crippen LogP contribution is 2.10. The first-order valence-corrected chi connectivity index (χ1v) is 5.69. The minimum atomic E-state index is 0.190. The Morgan fingerprint density at radius 3 is 2.95 bits per heavy atom. The second-order valence-electron chi connectivity index (χ2n) is 3.89. The highest BCUT2D eigenvalue weighted by atomic mass is 16.5. The van der Waals surface area contributed by atoms with Crippen molar-refractivity contribution in [3.8, 4) is 12.0 Å². The number of rotatable bonds is 6. The predicted octanol–water partition coefficient (Wildman–Crippen LogP) is 0.688. The zero-order chi connectivity index (χ0) is 13.7. The number of nitrogen functional groups attached to an aromatic ring is 1. The SMILES string of the molecule is C=C(C)CCOc1nc(NN)nc(-n2cccn2)n1. The standard InChI is InChI=1S/C11H15N7O/c1-8(2)4-7-19-11-15-9(17-12)14-10(16-11)18-6-3-5-13-18/h3,5-6H,1,4,7,12H2,2H3,(H,14,15,16,17). The van der Waals surface area contributed by atoms with Crippen LogP contribution in [0.2, 0.25) is 0 Å². The Balaban J connectivity index is 2.19. The third kappa shape index (κ3) is 3.49. The van der Waals surface area contributed by atoms with Crippen LogP contribution in [-0.4, -0.2) is 31.3 Å². The van der Waals surface area contributed by atoms with Crippen molar-refractivity contribution < 1.29 is 4.74 Å². The van der Waals surface area contributed by atoms with Gasteiger partial charge in [0, 0.05) is 18.8 Å². The normalized spacial score (nSPS) is 10.2. The summed E-state index contributed by atoms with van der Waals surface area (Å²) in [6, 6.07) is 1.95.